The molecule has 0 aromatic heterocycles. The van der Waals surface area contributed by atoms with Crippen molar-refractivity contribution in [2.75, 3.05) is 0 Å². The first kappa shape index (κ1) is 6.12. The molecule has 0 radical (unpaired) electrons. The molecular weight excluding hydrogens is 96.1 g/mol. The van der Waals surface area contributed by atoms with E-state index in [0.717, 1.165) is 11.8 Å². The lowest BCUT2D eigenvalue weighted by atomic mass is 10.2. The first-order chi connectivity index (χ1) is 3.84. The number of hydrogen-bond donors (Lipinski definition) is 0. The second-order valence-electron chi connectivity index (χ2n) is 3.12. The van der Waals surface area contributed by atoms with E-state index in [0.29, 0.717) is 0 Å². The van der Waals surface area contributed by atoms with Crippen LogP contribution in [0.5, 0.6) is 0 Å². The normalized spacial score (nSPS) is 35.2. The van der Waals surface area contributed by atoms with Gasteiger partial charge in [-0.05, 0) is 18.3 Å². The summed E-state index contributed by atoms with van der Waals surface area (Å²) < 4.78 is 0. The molecule has 8 heavy (non-hydrogen) atoms. The van der Waals surface area contributed by atoms with Gasteiger partial charge in [0.15, 0.2) is 0 Å². The highest BCUT2D eigenvalue weighted by molar-refractivity contribution is 4.81. The van der Waals surface area contributed by atoms with Crippen LogP contribution >= 0.6 is 0 Å². The van der Waals surface area contributed by atoms with Crippen molar-refractivity contribution in [3.63, 3.8) is 0 Å². The average Bonchev–Trinajstić information content (AvgIpc) is 2.42. The molecule has 0 aromatic carbocycles. The molecule has 0 heteroatoms. The fraction of sp³-hybridized carbons (Fsp3) is 1.00. The highest BCUT2D eigenvalue weighted by atomic mass is 14.4. The van der Waals surface area contributed by atoms with Crippen molar-refractivity contribution in [3.8, 4) is 0 Å². The van der Waals surface area contributed by atoms with Gasteiger partial charge in [0.2, 0.25) is 0 Å². The Morgan fingerprint density at radius 3 is 2.50 bits per heavy atom. The quantitative estimate of drug-likeness (QED) is 0.526. The molecule has 1 fully saturated rings. The highest BCUT2D eigenvalue weighted by Gasteiger charge is 2.30. The van der Waals surface area contributed by atoms with Gasteiger partial charge in [0.05, 0.1) is 0 Å². The topological polar surface area (TPSA) is 0 Å². The molecule has 1 saturated carbocycles. The SMILES string of the molecule is CCCC[C@H]1C[C@H]1C. The highest BCUT2D eigenvalue weighted by Crippen LogP contribution is 2.41. The van der Waals surface area contributed by atoms with Crippen LogP contribution in [0.15, 0.2) is 0 Å². The molecule has 0 aliphatic heterocycles. The molecule has 48 valence electrons. The maximum Gasteiger partial charge on any atom is -0.0386 e. The van der Waals surface area contributed by atoms with E-state index < -0.39 is 0 Å². The van der Waals surface area contributed by atoms with Crippen LogP contribution < -0.4 is 0 Å². The first-order valence-electron chi connectivity index (χ1n) is 3.84. The van der Waals surface area contributed by atoms with Crippen molar-refractivity contribution in [1.82, 2.24) is 0 Å². The van der Waals surface area contributed by atoms with Crippen molar-refractivity contribution >= 4 is 0 Å². The lowest BCUT2D eigenvalue weighted by molar-refractivity contribution is 0.620. The number of hydrogen-bond acceptors (Lipinski definition) is 0. The van der Waals surface area contributed by atoms with Gasteiger partial charge in [-0.25, -0.2) is 0 Å². The van der Waals surface area contributed by atoms with E-state index in [1.165, 1.54) is 25.7 Å². The van der Waals surface area contributed by atoms with Crippen LogP contribution in [-0.2, 0) is 0 Å². The Morgan fingerprint density at radius 2 is 2.12 bits per heavy atom. The van der Waals surface area contributed by atoms with E-state index in [9.17, 15) is 0 Å². The summed E-state index contributed by atoms with van der Waals surface area (Å²) in [5.41, 5.74) is 0. The van der Waals surface area contributed by atoms with Gasteiger partial charge in [0.1, 0.15) is 0 Å². The van der Waals surface area contributed by atoms with Crippen LogP contribution in [0.25, 0.3) is 0 Å². The minimum atomic E-state index is 1.07. The summed E-state index contributed by atoms with van der Waals surface area (Å²) in [6.07, 6.45) is 5.84. The molecule has 1 aliphatic rings. The van der Waals surface area contributed by atoms with Crippen molar-refractivity contribution < 1.29 is 0 Å². The molecule has 0 nitrogen and oxygen atoms in total. The molecule has 0 saturated heterocycles. The third-order valence-corrected chi connectivity index (χ3v) is 2.20. The standard InChI is InChI=1S/C8H16/c1-3-4-5-8-6-7(8)2/h7-8H,3-6H2,1-2H3/t7-,8+/m1/s1. The van der Waals surface area contributed by atoms with Crippen LogP contribution in [0.4, 0.5) is 0 Å². The number of rotatable bonds is 3. The smallest absolute Gasteiger partial charge is 0.0386 e. The molecule has 1 rings (SSSR count). The van der Waals surface area contributed by atoms with Crippen molar-refractivity contribution in [2.24, 2.45) is 11.8 Å². The zero-order valence-electron chi connectivity index (χ0n) is 5.98. The first-order valence-corrected chi connectivity index (χ1v) is 3.84. The van der Waals surface area contributed by atoms with E-state index in [1.54, 1.807) is 0 Å². The van der Waals surface area contributed by atoms with Crippen LogP contribution in [-0.4, -0.2) is 0 Å². The van der Waals surface area contributed by atoms with Gasteiger partial charge in [-0.2, -0.15) is 0 Å². The van der Waals surface area contributed by atoms with E-state index in [2.05, 4.69) is 13.8 Å². The van der Waals surface area contributed by atoms with E-state index in [1.807, 2.05) is 0 Å². The fourth-order valence-electron chi connectivity index (χ4n) is 1.27. The third-order valence-electron chi connectivity index (χ3n) is 2.20. The minimum absolute atomic E-state index is 1.07. The Hall–Kier alpha value is 0. The molecule has 0 amide bonds. The summed E-state index contributed by atoms with van der Waals surface area (Å²) in [5, 5.41) is 0. The maximum absolute atomic E-state index is 2.36. The Balaban J connectivity index is 1.89. The second kappa shape index (κ2) is 2.52. The molecule has 0 bridgehead atoms. The third kappa shape index (κ3) is 1.50. The minimum Gasteiger partial charge on any atom is -0.0654 e. The fourth-order valence-corrected chi connectivity index (χ4v) is 1.27. The van der Waals surface area contributed by atoms with Gasteiger partial charge in [0, 0.05) is 0 Å². The van der Waals surface area contributed by atoms with Crippen molar-refractivity contribution in [2.45, 2.75) is 39.5 Å². The Labute approximate surface area is 52.3 Å². The van der Waals surface area contributed by atoms with Gasteiger partial charge in [-0.15, -0.1) is 0 Å². The lowest BCUT2D eigenvalue weighted by Crippen LogP contribution is -1.77. The van der Waals surface area contributed by atoms with Gasteiger partial charge in [-0.3, -0.25) is 0 Å². The molecule has 0 N–H and O–H groups in total. The Bertz CT molecular complexity index is 66.4. The average molecular weight is 112 g/mol. The largest absolute Gasteiger partial charge is 0.0654 e. The summed E-state index contributed by atoms with van der Waals surface area (Å²) in [6, 6.07) is 0. The Kier molecular flexibility index (Phi) is 1.93. The molecular formula is C8H16. The molecule has 1 aliphatic carbocycles. The summed E-state index contributed by atoms with van der Waals surface area (Å²) in [4.78, 5) is 0. The maximum atomic E-state index is 2.36. The van der Waals surface area contributed by atoms with E-state index >= 15 is 0 Å². The summed E-state index contributed by atoms with van der Waals surface area (Å²) >= 11 is 0. The Morgan fingerprint density at radius 1 is 1.50 bits per heavy atom. The molecule has 0 spiro atoms. The molecule has 2 atom stereocenters. The zero-order chi connectivity index (χ0) is 5.98. The van der Waals surface area contributed by atoms with Gasteiger partial charge < -0.3 is 0 Å². The van der Waals surface area contributed by atoms with Crippen molar-refractivity contribution in [3.05, 3.63) is 0 Å². The number of unbranched alkanes of at least 4 members (excludes halogenated alkanes) is 1. The molecule has 0 unspecified atom stereocenters. The summed E-state index contributed by atoms with van der Waals surface area (Å²) in [6.45, 7) is 4.63. The predicted octanol–water partition coefficient (Wildman–Crippen LogP) is 2.83. The predicted molar refractivity (Wildman–Crippen MR) is 36.8 cm³/mol. The van der Waals surface area contributed by atoms with E-state index in [4.69, 9.17) is 0 Å². The van der Waals surface area contributed by atoms with Gasteiger partial charge in [-0.1, -0.05) is 33.1 Å². The van der Waals surface area contributed by atoms with Gasteiger partial charge >= 0.3 is 0 Å². The monoisotopic (exact) mass is 112 g/mol. The zero-order valence-corrected chi connectivity index (χ0v) is 5.98. The summed E-state index contributed by atoms with van der Waals surface area (Å²) in [5.74, 6) is 2.19. The lowest BCUT2D eigenvalue weighted by Gasteiger charge is -1.91. The van der Waals surface area contributed by atoms with Crippen molar-refractivity contribution in [1.29, 1.82) is 0 Å². The second-order valence-corrected chi connectivity index (χ2v) is 3.12. The van der Waals surface area contributed by atoms with Crippen LogP contribution in [0.2, 0.25) is 0 Å². The van der Waals surface area contributed by atoms with Crippen LogP contribution in [0.1, 0.15) is 39.5 Å². The van der Waals surface area contributed by atoms with Crippen LogP contribution in [0.3, 0.4) is 0 Å². The van der Waals surface area contributed by atoms with Crippen LogP contribution in [0, 0.1) is 11.8 Å². The van der Waals surface area contributed by atoms with Gasteiger partial charge in [0.25, 0.3) is 0 Å². The summed E-state index contributed by atoms with van der Waals surface area (Å²) in [7, 11) is 0. The van der Waals surface area contributed by atoms with E-state index in [-0.39, 0.29) is 0 Å². The molecule has 0 heterocycles. The molecule has 0 aromatic rings.